The third-order valence-corrected chi connectivity index (χ3v) is 5.02. The molecule has 2 aromatic rings. The zero-order valence-corrected chi connectivity index (χ0v) is 20.0. The number of alkyl halides is 2. The number of aromatic nitrogens is 1. The van der Waals surface area contributed by atoms with Crippen LogP contribution in [0.3, 0.4) is 0 Å². The zero-order valence-electron chi connectivity index (χ0n) is 20.0. The molecule has 35 heavy (non-hydrogen) atoms. The number of hydrogen-bond donors (Lipinski definition) is 4. The van der Waals surface area contributed by atoms with Gasteiger partial charge in [0, 0.05) is 41.4 Å². The molecule has 1 heterocycles. The van der Waals surface area contributed by atoms with Crippen molar-refractivity contribution in [3.05, 3.63) is 70.9 Å². The highest BCUT2D eigenvalue weighted by Gasteiger charge is 2.34. The van der Waals surface area contributed by atoms with Crippen LogP contribution in [0.2, 0.25) is 0 Å². The van der Waals surface area contributed by atoms with Crippen molar-refractivity contribution < 1.29 is 13.2 Å². The summed E-state index contributed by atoms with van der Waals surface area (Å²) in [4.78, 5) is 9.12. The van der Waals surface area contributed by atoms with Gasteiger partial charge in [0.15, 0.2) is 0 Å². The average molecular weight is 486 g/mol. The van der Waals surface area contributed by atoms with Crippen molar-refractivity contribution >= 4 is 30.5 Å². The molecule has 0 aliphatic heterocycles. The quantitative estimate of drug-likeness (QED) is 0.306. The summed E-state index contributed by atoms with van der Waals surface area (Å²) in [5, 5.41) is 14.3. The Bertz CT molecular complexity index is 1250. The molecule has 0 fully saturated rings. The van der Waals surface area contributed by atoms with Gasteiger partial charge in [-0.3, -0.25) is 15.4 Å². The van der Waals surface area contributed by atoms with Crippen LogP contribution in [0.25, 0.3) is 23.4 Å². The largest absolute Gasteiger partial charge is 0.397 e. The van der Waals surface area contributed by atoms with Gasteiger partial charge in [0.25, 0.3) is 5.92 Å². The first-order valence-electron chi connectivity index (χ1n) is 10.6. The first-order valence-corrected chi connectivity index (χ1v) is 10.6. The Hall–Kier alpha value is -3.92. The number of benzene rings is 1. The molecule has 186 valence electrons. The number of amidine groups is 1. The molecule has 5 N–H and O–H groups in total. The van der Waals surface area contributed by atoms with Gasteiger partial charge in [0.2, 0.25) is 0 Å². The van der Waals surface area contributed by atoms with E-state index in [4.69, 9.17) is 11.1 Å². The summed E-state index contributed by atoms with van der Waals surface area (Å²) in [6.07, 6.45) is 8.26. The second-order valence-corrected chi connectivity index (χ2v) is 8.02. The Labute approximate surface area is 202 Å². The number of halogens is 3. The smallest absolute Gasteiger partial charge is 0.300 e. The van der Waals surface area contributed by atoms with Crippen LogP contribution in [0.15, 0.2) is 54.1 Å². The monoisotopic (exact) mass is 485 g/mol. The van der Waals surface area contributed by atoms with Crippen LogP contribution in [0.5, 0.6) is 0 Å². The van der Waals surface area contributed by atoms with Crippen molar-refractivity contribution in [2.24, 2.45) is 4.99 Å². The number of nitrogens with two attached hydrogens (primary N) is 1. The SMILES string of the molecule is C=CN/C(=C\C(=N)NC/C=c1/cc(-c2cncc(N)c2C)c(F)c/c1=C/N=C)C(F)(F)CN(C)C. The molecule has 0 amide bonds. The van der Waals surface area contributed by atoms with Crippen LogP contribution in [-0.2, 0) is 0 Å². The van der Waals surface area contributed by atoms with Crippen molar-refractivity contribution in [2.75, 3.05) is 32.9 Å². The highest BCUT2D eigenvalue weighted by molar-refractivity contribution is 5.91. The van der Waals surface area contributed by atoms with E-state index < -0.39 is 24.0 Å². The number of pyridine rings is 1. The van der Waals surface area contributed by atoms with Crippen LogP contribution >= 0.6 is 0 Å². The Balaban J connectivity index is 2.39. The Morgan fingerprint density at radius 1 is 1.26 bits per heavy atom. The second kappa shape index (κ2) is 12.0. The van der Waals surface area contributed by atoms with Crippen molar-refractivity contribution in [3.63, 3.8) is 0 Å². The van der Waals surface area contributed by atoms with Crippen molar-refractivity contribution in [1.82, 2.24) is 20.5 Å². The van der Waals surface area contributed by atoms with E-state index >= 15 is 0 Å². The molecule has 0 spiro atoms. The predicted molar refractivity (Wildman–Crippen MR) is 137 cm³/mol. The van der Waals surface area contributed by atoms with E-state index in [-0.39, 0.29) is 12.4 Å². The van der Waals surface area contributed by atoms with E-state index in [1.165, 1.54) is 43.7 Å². The molecule has 0 bridgehead atoms. The number of nitrogens with zero attached hydrogens (tertiary/aromatic N) is 3. The van der Waals surface area contributed by atoms with Gasteiger partial charge < -0.3 is 21.3 Å². The lowest BCUT2D eigenvalue weighted by molar-refractivity contribution is 0.0111. The molecule has 0 aliphatic rings. The molecule has 2 rings (SSSR count). The van der Waals surface area contributed by atoms with Gasteiger partial charge in [-0.15, -0.1) is 0 Å². The minimum Gasteiger partial charge on any atom is -0.397 e. The number of anilines is 1. The second-order valence-electron chi connectivity index (χ2n) is 8.02. The normalized spacial score (nSPS) is 13.2. The third kappa shape index (κ3) is 7.28. The molecule has 7 nitrogen and oxygen atoms in total. The van der Waals surface area contributed by atoms with Crippen LogP contribution in [-0.4, -0.2) is 55.5 Å². The molecule has 1 aromatic carbocycles. The van der Waals surface area contributed by atoms with Gasteiger partial charge in [-0.25, -0.2) is 4.39 Å². The fourth-order valence-electron chi connectivity index (χ4n) is 3.32. The maximum atomic E-state index is 14.9. The number of hydrogen-bond acceptors (Lipinski definition) is 6. The number of nitrogens with one attached hydrogen (secondary N) is 3. The summed E-state index contributed by atoms with van der Waals surface area (Å²) in [7, 11) is 3.06. The highest BCUT2D eigenvalue weighted by Crippen LogP contribution is 2.26. The summed E-state index contributed by atoms with van der Waals surface area (Å²) >= 11 is 0. The van der Waals surface area contributed by atoms with Crippen LogP contribution in [0.4, 0.5) is 18.9 Å². The molecule has 1 aromatic heterocycles. The first-order chi connectivity index (χ1) is 16.5. The Morgan fingerprint density at radius 2 is 1.97 bits per heavy atom. The molecule has 0 saturated carbocycles. The first kappa shape index (κ1) is 27.3. The third-order valence-electron chi connectivity index (χ3n) is 5.02. The van der Waals surface area contributed by atoms with E-state index in [9.17, 15) is 13.2 Å². The molecule has 0 unspecified atom stereocenters. The van der Waals surface area contributed by atoms with Crippen LogP contribution in [0.1, 0.15) is 5.56 Å². The van der Waals surface area contributed by atoms with Crippen molar-refractivity contribution in [3.8, 4) is 11.1 Å². The van der Waals surface area contributed by atoms with Gasteiger partial charge in [-0.2, -0.15) is 8.78 Å². The highest BCUT2D eigenvalue weighted by atomic mass is 19.3. The van der Waals surface area contributed by atoms with Crippen molar-refractivity contribution in [1.29, 1.82) is 5.41 Å². The van der Waals surface area contributed by atoms with Gasteiger partial charge in [-0.1, -0.05) is 12.7 Å². The number of aliphatic imine (C=N–C) groups is 1. The van der Waals surface area contributed by atoms with Gasteiger partial charge in [0.1, 0.15) is 11.7 Å². The minimum atomic E-state index is -3.22. The van der Waals surface area contributed by atoms with E-state index in [1.54, 1.807) is 19.1 Å². The maximum Gasteiger partial charge on any atom is 0.300 e. The van der Waals surface area contributed by atoms with Crippen LogP contribution < -0.4 is 26.8 Å². The standard InChI is InChI=1S/C25H30F3N7/c1-6-33-23(25(27,28)15-35(4)5)11-24(30)34-8-7-17-9-19(21(26)10-18(17)12-31-3)20-13-32-14-22(29)16(20)2/h6-7,9-14,33H,1,3,8,15,29H2,2,4-5H3,(H2,30,34)/b17-7-,18-12-,23-11-. The molecule has 0 radical (unpaired) electrons. The van der Waals surface area contributed by atoms with E-state index in [2.05, 4.69) is 33.9 Å². The zero-order chi connectivity index (χ0) is 26.2. The molecule has 0 atom stereocenters. The molecular weight excluding hydrogens is 455 g/mol. The lowest BCUT2D eigenvalue weighted by Gasteiger charge is -2.23. The van der Waals surface area contributed by atoms with E-state index in [0.717, 1.165) is 12.3 Å². The summed E-state index contributed by atoms with van der Waals surface area (Å²) < 4.78 is 43.9. The van der Waals surface area contributed by atoms with Gasteiger partial charge >= 0.3 is 0 Å². The molecule has 10 heteroatoms. The molecular formula is C25H30F3N7. The molecule has 0 saturated heterocycles. The van der Waals surface area contributed by atoms with E-state index in [0.29, 0.717) is 32.8 Å². The average Bonchev–Trinajstić information content (AvgIpc) is 2.76. The van der Waals surface area contributed by atoms with Crippen molar-refractivity contribution in [2.45, 2.75) is 12.8 Å². The van der Waals surface area contributed by atoms with Gasteiger partial charge in [-0.05, 0) is 56.9 Å². The number of rotatable bonds is 10. The van der Waals surface area contributed by atoms with Crippen LogP contribution in [0, 0.1) is 18.2 Å². The molecule has 0 aliphatic carbocycles. The summed E-state index contributed by atoms with van der Waals surface area (Å²) in [5.41, 5.74) is 7.43. The maximum absolute atomic E-state index is 14.9. The van der Waals surface area contributed by atoms with E-state index in [1.807, 2.05) is 0 Å². The predicted octanol–water partition coefficient (Wildman–Crippen LogP) is 2.38. The topological polar surface area (TPSA) is 102 Å². The number of nitrogen functional groups attached to an aromatic ring is 1. The van der Waals surface area contributed by atoms with Gasteiger partial charge in [0.05, 0.1) is 24.1 Å². The fourth-order valence-corrected chi connectivity index (χ4v) is 3.32. The summed E-state index contributed by atoms with van der Waals surface area (Å²) in [6, 6.07) is 2.94. The summed E-state index contributed by atoms with van der Waals surface area (Å²) in [6.45, 7) is 8.19. The summed E-state index contributed by atoms with van der Waals surface area (Å²) in [5.74, 6) is -3.95. The minimum absolute atomic E-state index is 0.104. The lowest BCUT2D eigenvalue weighted by Crippen LogP contribution is -2.39. The Morgan fingerprint density at radius 3 is 2.60 bits per heavy atom. The Kier molecular flexibility index (Phi) is 9.35. The fraction of sp³-hybridized carbons (Fsp3) is 0.240. The lowest BCUT2D eigenvalue weighted by atomic mass is 10.00.